The van der Waals surface area contributed by atoms with Crippen LogP contribution in [-0.2, 0) is 0 Å². The molecular weight excluding hydrogens is 415 g/mol. The lowest BCUT2D eigenvalue weighted by Crippen LogP contribution is -2.22. The third-order valence-corrected chi connectivity index (χ3v) is 5.78. The molecule has 0 aliphatic carbocycles. The molecule has 1 aromatic heterocycles. The van der Waals surface area contributed by atoms with Crippen molar-refractivity contribution in [2.45, 2.75) is 19.9 Å². The molecule has 3 aromatic carbocycles. The van der Waals surface area contributed by atoms with Crippen LogP contribution in [0.5, 0.6) is 0 Å². The first-order valence-electron chi connectivity index (χ1n) is 10.8. The Bertz CT molecular complexity index is 1350. The molecule has 164 valence electrons. The van der Waals surface area contributed by atoms with Gasteiger partial charge in [-0.25, -0.2) is 9.07 Å². The summed E-state index contributed by atoms with van der Waals surface area (Å²) >= 11 is 0. The molecule has 2 heterocycles. The highest BCUT2D eigenvalue weighted by Crippen LogP contribution is 2.36. The molecular formula is C27H23FN4O. The number of rotatable bonds is 4. The van der Waals surface area contributed by atoms with Crippen LogP contribution >= 0.6 is 0 Å². The molecule has 0 spiro atoms. The van der Waals surface area contributed by atoms with Gasteiger partial charge in [0.2, 0.25) is 0 Å². The topological polar surface area (TPSA) is 59.0 Å². The molecule has 4 aromatic rings. The number of fused-ring (bicyclic) bond motifs is 1. The molecule has 1 atom stereocenters. The summed E-state index contributed by atoms with van der Waals surface area (Å²) in [5.41, 5.74) is 5.55. The van der Waals surface area contributed by atoms with E-state index < -0.39 is 6.04 Å². The van der Waals surface area contributed by atoms with Crippen molar-refractivity contribution in [2.75, 3.05) is 10.6 Å². The first kappa shape index (κ1) is 20.7. The summed E-state index contributed by atoms with van der Waals surface area (Å²) in [4.78, 5) is 13.1. The van der Waals surface area contributed by atoms with E-state index in [0.29, 0.717) is 22.6 Å². The molecule has 0 radical (unpaired) electrons. The number of allylic oxidation sites excluding steroid dienone is 1. The van der Waals surface area contributed by atoms with Crippen LogP contribution in [0.15, 0.2) is 85.1 Å². The van der Waals surface area contributed by atoms with Crippen molar-refractivity contribution < 1.29 is 9.18 Å². The van der Waals surface area contributed by atoms with E-state index in [9.17, 15) is 9.18 Å². The number of carbonyl (C=O) groups excluding carboxylic acids is 1. The van der Waals surface area contributed by atoms with Gasteiger partial charge in [-0.05, 0) is 43.7 Å². The number of hydrogen-bond acceptors (Lipinski definition) is 3. The minimum atomic E-state index is -0.500. The number of benzene rings is 3. The number of amides is 1. The van der Waals surface area contributed by atoms with Crippen LogP contribution in [0.25, 0.3) is 5.70 Å². The van der Waals surface area contributed by atoms with E-state index in [0.717, 1.165) is 22.4 Å². The summed E-state index contributed by atoms with van der Waals surface area (Å²) < 4.78 is 16.4. The first-order chi connectivity index (χ1) is 16.0. The Morgan fingerprint density at radius 3 is 2.33 bits per heavy atom. The SMILES string of the molecule is Cc1ccc(NC(=O)c2cnn3c2NC(c2ccc(C)cc2)=C[C@H]3c2ccccc2F)cc1. The van der Waals surface area contributed by atoms with Crippen molar-refractivity contribution in [3.8, 4) is 0 Å². The third-order valence-electron chi connectivity index (χ3n) is 5.78. The molecule has 1 aliphatic heterocycles. The Hall–Kier alpha value is -4.19. The van der Waals surface area contributed by atoms with Gasteiger partial charge in [-0.3, -0.25) is 4.79 Å². The van der Waals surface area contributed by atoms with Crippen LogP contribution < -0.4 is 10.6 Å². The van der Waals surface area contributed by atoms with Gasteiger partial charge >= 0.3 is 0 Å². The van der Waals surface area contributed by atoms with Crippen LogP contribution in [0.2, 0.25) is 0 Å². The largest absolute Gasteiger partial charge is 0.339 e. The number of halogens is 1. The lowest BCUT2D eigenvalue weighted by Gasteiger charge is -2.26. The zero-order valence-corrected chi connectivity index (χ0v) is 18.3. The Morgan fingerprint density at radius 1 is 0.970 bits per heavy atom. The number of anilines is 2. The van der Waals surface area contributed by atoms with Gasteiger partial charge in [-0.2, -0.15) is 5.10 Å². The maximum atomic E-state index is 14.8. The first-order valence-corrected chi connectivity index (χ1v) is 10.8. The van der Waals surface area contributed by atoms with Gasteiger partial charge in [0.25, 0.3) is 5.91 Å². The number of aryl methyl sites for hydroxylation is 2. The van der Waals surface area contributed by atoms with E-state index in [2.05, 4.69) is 15.7 Å². The zero-order valence-electron chi connectivity index (χ0n) is 18.3. The lowest BCUT2D eigenvalue weighted by atomic mass is 10.00. The van der Waals surface area contributed by atoms with Crippen LogP contribution in [0.3, 0.4) is 0 Å². The number of nitrogens with zero attached hydrogens (tertiary/aromatic N) is 2. The van der Waals surface area contributed by atoms with Crippen molar-refractivity contribution in [2.24, 2.45) is 0 Å². The molecule has 2 N–H and O–H groups in total. The number of carbonyl (C=O) groups is 1. The second-order valence-corrected chi connectivity index (χ2v) is 8.21. The normalized spacial score (nSPS) is 14.8. The molecule has 6 heteroatoms. The molecule has 0 fully saturated rings. The van der Waals surface area contributed by atoms with Crippen molar-refractivity contribution in [3.05, 3.63) is 119 Å². The average Bonchev–Trinajstić information content (AvgIpc) is 3.25. The second-order valence-electron chi connectivity index (χ2n) is 8.21. The molecule has 0 saturated heterocycles. The highest BCUT2D eigenvalue weighted by atomic mass is 19.1. The minimum Gasteiger partial charge on any atom is -0.339 e. The molecule has 1 aliphatic rings. The highest BCUT2D eigenvalue weighted by molar-refractivity contribution is 6.08. The molecule has 5 nitrogen and oxygen atoms in total. The van der Waals surface area contributed by atoms with Crippen LogP contribution in [0.4, 0.5) is 15.9 Å². The molecule has 33 heavy (non-hydrogen) atoms. The summed E-state index contributed by atoms with van der Waals surface area (Å²) in [7, 11) is 0. The maximum Gasteiger partial charge on any atom is 0.261 e. The van der Waals surface area contributed by atoms with E-state index >= 15 is 0 Å². The van der Waals surface area contributed by atoms with Crippen LogP contribution in [0.1, 0.15) is 38.7 Å². The fraction of sp³-hybridized carbons (Fsp3) is 0.111. The smallest absolute Gasteiger partial charge is 0.261 e. The van der Waals surface area contributed by atoms with Crippen molar-refractivity contribution in [1.82, 2.24) is 9.78 Å². The second kappa shape index (κ2) is 8.39. The third kappa shape index (κ3) is 4.03. The Balaban J connectivity index is 1.56. The summed E-state index contributed by atoms with van der Waals surface area (Å²) in [6.07, 6.45) is 3.45. The number of aromatic nitrogens is 2. The fourth-order valence-corrected chi connectivity index (χ4v) is 3.93. The minimum absolute atomic E-state index is 0.287. The number of nitrogens with one attached hydrogen (secondary N) is 2. The Labute approximate surface area is 191 Å². The van der Waals surface area contributed by atoms with E-state index in [1.165, 1.54) is 12.3 Å². The van der Waals surface area contributed by atoms with Gasteiger partial charge < -0.3 is 10.6 Å². The quantitative estimate of drug-likeness (QED) is 0.414. The standard InChI is InChI=1S/C27H23FN4O/c1-17-7-11-19(12-8-17)24-15-25(21-5-3-4-6-23(21)28)32-26(31-24)22(16-29-32)27(33)30-20-13-9-18(2)10-14-20/h3-16,25,31H,1-2H3,(H,30,33)/t25-/m0/s1. The van der Waals surface area contributed by atoms with Gasteiger partial charge in [-0.15, -0.1) is 0 Å². The highest BCUT2D eigenvalue weighted by Gasteiger charge is 2.29. The van der Waals surface area contributed by atoms with Crippen LogP contribution in [-0.4, -0.2) is 15.7 Å². The molecule has 0 saturated carbocycles. The van der Waals surface area contributed by atoms with Gasteiger partial charge in [0.15, 0.2) is 0 Å². The zero-order chi connectivity index (χ0) is 22.9. The van der Waals surface area contributed by atoms with Gasteiger partial charge in [0.05, 0.1) is 6.20 Å². The predicted molar refractivity (Wildman–Crippen MR) is 129 cm³/mol. The van der Waals surface area contributed by atoms with Crippen molar-refractivity contribution >= 4 is 23.1 Å². The predicted octanol–water partition coefficient (Wildman–Crippen LogP) is 5.95. The van der Waals surface area contributed by atoms with Crippen LogP contribution in [0, 0.1) is 19.7 Å². The fourth-order valence-electron chi connectivity index (χ4n) is 3.93. The summed E-state index contributed by atoms with van der Waals surface area (Å²) in [6, 6.07) is 21.8. The summed E-state index contributed by atoms with van der Waals surface area (Å²) in [6.45, 7) is 4.02. The maximum absolute atomic E-state index is 14.8. The van der Waals surface area contributed by atoms with Crippen molar-refractivity contribution in [1.29, 1.82) is 0 Å². The molecule has 0 bridgehead atoms. The van der Waals surface area contributed by atoms with E-state index in [-0.39, 0.29) is 11.7 Å². The monoisotopic (exact) mass is 438 g/mol. The van der Waals surface area contributed by atoms with E-state index in [1.54, 1.807) is 22.9 Å². The average molecular weight is 439 g/mol. The van der Waals surface area contributed by atoms with Crippen molar-refractivity contribution in [3.63, 3.8) is 0 Å². The van der Waals surface area contributed by atoms with Gasteiger partial charge in [0, 0.05) is 16.9 Å². The van der Waals surface area contributed by atoms with Gasteiger partial charge in [0.1, 0.15) is 23.2 Å². The Kier molecular flexibility index (Phi) is 5.26. The lowest BCUT2D eigenvalue weighted by molar-refractivity contribution is 0.102. The van der Waals surface area contributed by atoms with E-state index in [4.69, 9.17) is 0 Å². The molecule has 1 amide bonds. The molecule has 0 unspecified atom stereocenters. The summed E-state index contributed by atoms with van der Waals surface area (Å²) in [5.74, 6) is -0.0907. The summed E-state index contributed by atoms with van der Waals surface area (Å²) in [5, 5.41) is 10.7. The molecule has 5 rings (SSSR count). The van der Waals surface area contributed by atoms with E-state index in [1.807, 2.05) is 68.5 Å². The number of hydrogen-bond donors (Lipinski definition) is 2. The van der Waals surface area contributed by atoms with Gasteiger partial charge in [-0.1, -0.05) is 65.7 Å². The Morgan fingerprint density at radius 2 is 1.64 bits per heavy atom.